The number of carbonyl (C=O) groups is 2. The summed E-state index contributed by atoms with van der Waals surface area (Å²) in [5.74, 6) is -0.176. The molecule has 4 rings (SSSR count). The van der Waals surface area contributed by atoms with Gasteiger partial charge in [-0.1, -0.05) is 0 Å². The zero-order valence-electron chi connectivity index (χ0n) is 15.2. The summed E-state index contributed by atoms with van der Waals surface area (Å²) >= 11 is 1.70. The highest BCUT2D eigenvalue weighted by atomic mass is 32.2. The fourth-order valence-corrected chi connectivity index (χ4v) is 6.69. The number of sulfone groups is 1. The number of amides is 2. The first-order valence-electron chi connectivity index (χ1n) is 9.43. The molecule has 2 atom stereocenters. The summed E-state index contributed by atoms with van der Waals surface area (Å²) in [5.41, 5.74) is 1.31. The number of thiophene rings is 1. The van der Waals surface area contributed by atoms with Crippen LogP contribution in [0.25, 0.3) is 0 Å². The second-order valence-corrected chi connectivity index (χ2v) is 10.7. The maximum absolute atomic E-state index is 12.9. The van der Waals surface area contributed by atoms with Crippen molar-refractivity contribution >= 4 is 33.0 Å². The molecule has 0 unspecified atom stereocenters. The minimum atomic E-state index is -3.04. The number of piperazine rings is 1. The van der Waals surface area contributed by atoms with Gasteiger partial charge < -0.3 is 9.80 Å². The van der Waals surface area contributed by atoms with Crippen LogP contribution in [0, 0.1) is 5.92 Å². The monoisotopic (exact) mass is 411 g/mol. The van der Waals surface area contributed by atoms with Crippen molar-refractivity contribution < 1.29 is 18.0 Å². The first-order chi connectivity index (χ1) is 12.9. The lowest BCUT2D eigenvalue weighted by Gasteiger charge is -2.35. The molecular formula is C18H25N3O4S2. The van der Waals surface area contributed by atoms with Gasteiger partial charge in [0.05, 0.1) is 17.4 Å². The second kappa shape index (κ2) is 7.52. The summed E-state index contributed by atoms with van der Waals surface area (Å²) in [7, 11) is -3.04. The van der Waals surface area contributed by atoms with Gasteiger partial charge in [-0.15, -0.1) is 0 Å². The van der Waals surface area contributed by atoms with Crippen LogP contribution in [-0.4, -0.2) is 85.2 Å². The predicted molar refractivity (Wildman–Crippen MR) is 103 cm³/mol. The molecule has 9 heteroatoms. The normalized spacial score (nSPS) is 28.8. The summed E-state index contributed by atoms with van der Waals surface area (Å²) in [6, 6.07) is 1.88. The molecule has 0 bridgehead atoms. The van der Waals surface area contributed by atoms with Gasteiger partial charge in [-0.3, -0.25) is 14.5 Å². The molecule has 0 spiro atoms. The van der Waals surface area contributed by atoms with Crippen molar-refractivity contribution in [3.8, 4) is 0 Å². The van der Waals surface area contributed by atoms with E-state index < -0.39 is 9.84 Å². The molecule has 3 fully saturated rings. The van der Waals surface area contributed by atoms with Crippen molar-refractivity contribution in [1.29, 1.82) is 0 Å². The zero-order valence-corrected chi connectivity index (χ0v) is 16.9. The van der Waals surface area contributed by atoms with E-state index in [-0.39, 0.29) is 41.7 Å². The van der Waals surface area contributed by atoms with E-state index in [1.165, 1.54) is 5.56 Å². The average molecular weight is 412 g/mol. The number of carbonyl (C=O) groups excluding carboxylic acids is 2. The van der Waals surface area contributed by atoms with Crippen LogP contribution in [-0.2, 0) is 26.0 Å². The van der Waals surface area contributed by atoms with E-state index in [9.17, 15) is 18.0 Å². The number of hydrogen-bond donors (Lipinski definition) is 0. The van der Waals surface area contributed by atoms with E-state index in [0.717, 1.165) is 19.6 Å². The first kappa shape index (κ1) is 18.9. The van der Waals surface area contributed by atoms with Crippen molar-refractivity contribution in [2.24, 2.45) is 5.92 Å². The Kier molecular flexibility index (Phi) is 5.26. The first-order valence-corrected chi connectivity index (χ1v) is 12.2. The van der Waals surface area contributed by atoms with Crippen LogP contribution in [0.2, 0.25) is 0 Å². The predicted octanol–water partition coefficient (Wildman–Crippen LogP) is 0.428. The Morgan fingerprint density at radius 1 is 1.22 bits per heavy atom. The number of rotatable bonds is 4. The Labute approximate surface area is 163 Å². The molecule has 0 radical (unpaired) electrons. The van der Waals surface area contributed by atoms with Gasteiger partial charge in [0.2, 0.25) is 11.8 Å². The third kappa shape index (κ3) is 4.20. The fourth-order valence-electron chi connectivity index (χ4n) is 4.30. The largest absolute Gasteiger partial charge is 0.340 e. The number of nitrogens with zero attached hydrogens (tertiary/aromatic N) is 3. The molecule has 1 aromatic rings. The molecule has 0 aromatic carbocycles. The molecule has 7 nitrogen and oxygen atoms in total. The molecule has 4 heterocycles. The summed E-state index contributed by atoms with van der Waals surface area (Å²) in [5, 5.41) is 4.23. The zero-order chi connectivity index (χ0) is 19.0. The second-order valence-electron chi connectivity index (χ2n) is 7.74. The molecule has 0 aliphatic carbocycles. The molecule has 27 heavy (non-hydrogen) atoms. The van der Waals surface area contributed by atoms with E-state index in [1.54, 1.807) is 16.2 Å². The molecule has 1 aromatic heterocycles. The lowest BCUT2D eigenvalue weighted by atomic mass is 10.1. The third-order valence-electron chi connectivity index (χ3n) is 5.83. The molecular weight excluding hydrogens is 386 g/mol. The van der Waals surface area contributed by atoms with Crippen molar-refractivity contribution in [2.45, 2.75) is 25.4 Å². The molecule has 0 N–H and O–H groups in total. The van der Waals surface area contributed by atoms with E-state index in [2.05, 4.69) is 21.7 Å². The van der Waals surface area contributed by atoms with Crippen LogP contribution >= 0.6 is 11.3 Å². The lowest BCUT2D eigenvalue weighted by molar-refractivity contribution is -0.137. The van der Waals surface area contributed by atoms with Crippen LogP contribution in [0.3, 0.4) is 0 Å². The third-order valence-corrected chi connectivity index (χ3v) is 8.31. The van der Waals surface area contributed by atoms with Crippen LogP contribution in [0.5, 0.6) is 0 Å². The Hall–Kier alpha value is -1.45. The van der Waals surface area contributed by atoms with E-state index in [1.807, 2.05) is 4.90 Å². The molecule has 3 saturated heterocycles. The highest BCUT2D eigenvalue weighted by molar-refractivity contribution is 7.91. The highest BCUT2D eigenvalue weighted by Gasteiger charge is 2.43. The molecule has 148 valence electrons. The van der Waals surface area contributed by atoms with Gasteiger partial charge in [0.15, 0.2) is 9.84 Å². The van der Waals surface area contributed by atoms with Crippen molar-refractivity contribution in [2.75, 3.05) is 44.2 Å². The summed E-state index contributed by atoms with van der Waals surface area (Å²) in [6.45, 7) is 4.33. The Morgan fingerprint density at radius 2 is 2.00 bits per heavy atom. The number of likely N-dealkylation sites (tertiary alicyclic amines) is 1. The van der Waals surface area contributed by atoms with E-state index >= 15 is 0 Å². The van der Waals surface area contributed by atoms with Crippen molar-refractivity contribution in [3.63, 3.8) is 0 Å². The van der Waals surface area contributed by atoms with Crippen LogP contribution in [0.1, 0.15) is 18.4 Å². The van der Waals surface area contributed by atoms with Crippen LogP contribution < -0.4 is 0 Å². The maximum atomic E-state index is 12.9. The van der Waals surface area contributed by atoms with E-state index in [0.29, 0.717) is 26.1 Å². The molecule has 3 aliphatic rings. The van der Waals surface area contributed by atoms with Gasteiger partial charge in [-0.05, 0) is 28.8 Å². The topological polar surface area (TPSA) is 78.0 Å². The minimum absolute atomic E-state index is 0.0426. The quantitative estimate of drug-likeness (QED) is 0.718. The Morgan fingerprint density at radius 3 is 2.63 bits per heavy atom. The van der Waals surface area contributed by atoms with Crippen LogP contribution in [0.4, 0.5) is 0 Å². The molecule has 3 aliphatic heterocycles. The fraction of sp³-hybridized carbons (Fsp3) is 0.667. The average Bonchev–Trinajstić information content (AvgIpc) is 3.35. The highest BCUT2D eigenvalue weighted by Crippen LogP contribution is 2.27. The summed E-state index contributed by atoms with van der Waals surface area (Å²) in [4.78, 5) is 31.1. The van der Waals surface area contributed by atoms with Gasteiger partial charge in [0, 0.05) is 51.7 Å². The smallest absolute Gasteiger partial charge is 0.228 e. The van der Waals surface area contributed by atoms with Crippen molar-refractivity contribution in [3.05, 3.63) is 22.4 Å². The SMILES string of the molecule is O=C([C@H]1CC(=O)N([C@H]2CCS(=O)(=O)C2)C1)N1CCN(Cc2ccsc2)CC1. The summed E-state index contributed by atoms with van der Waals surface area (Å²) in [6.07, 6.45) is 0.709. The van der Waals surface area contributed by atoms with Crippen LogP contribution in [0.15, 0.2) is 16.8 Å². The van der Waals surface area contributed by atoms with Crippen molar-refractivity contribution in [1.82, 2.24) is 14.7 Å². The lowest BCUT2D eigenvalue weighted by Crippen LogP contribution is -2.50. The van der Waals surface area contributed by atoms with Gasteiger partial charge in [-0.25, -0.2) is 8.42 Å². The molecule has 0 saturated carbocycles. The standard InChI is InChI=1S/C18H25N3O4S2/c22-17-9-15(11-21(17)16-2-8-27(24,25)13-16)18(23)20-5-3-19(4-6-20)10-14-1-7-26-12-14/h1,7,12,15-16H,2-6,8-11,13H2/t15-,16-/m0/s1. The maximum Gasteiger partial charge on any atom is 0.228 e. The van der Waals surface area contributed by atoms with Gasteiger partial charge in [-0.2, -0.15) is 11.3 Å². The Bertz CT molecular complexity index is 801. The van der Waals surface area contributed by atoms with E-state index in [4.69, 9.17) is 0 Å². The summed E-state index contributed by atoms with van der Waals surface area (Å²) < 4.78 is 23.4. The molecule has 2 amide bonds. The van der Waals surface area contributed by atoms with Gasteiger partial charge >= 0.3 is 0 Å². The minimum Gasteiger partial charge on any atom is -0.340 e. The van der Waals surface area contributed by atoms with Gasteiger partial charge in [0.1, 0.15) is 0 Å². The Balaban J connectivity index is 1.29. The number of hydrogen-bond acceptors (Lipinski definition) is 6. The van der Waals surface area contributed by atoms with Gasteiger partial charge in [0.25, 0.3) is 0 Å².